The van der Waals surface area contributed by atoms with E-state index >= 15 is 0 Å². The topological polar surface area (TPSA) is 80.1 Å². The van der Waals surface area contributed by atoms with Crippen molar-refractivity contribution in [3.63, 3.8) is 0 Å². The number of hydrogen-bond acceptors (Lipinski definition) is 6. The first-order valence-corrected chi connectivity index (χ1v) is 8.76. The Kier molecular flexibility index (Phi) is 5.15. The number of aryl methyl sites for hydroxylation is 1. The number of benzene rings is 1. The number of thiocarbonyl (C=S) groups is 1. The Morgan fingerprint density at radius 3 is 2.36 bits per heavy atom. The number of rotatable bonds is 3. The molecule has 0 unspecified atom stereocenters. The van der Waals surface area contributed by atoms with Crippen LogP contribution in [0.3, 0.4) is 0 Å². The maximum atomic E-state index is 12.4. The van der Waals surface area contributed by atoms with Crippen LogP contribution in [0.1, 0.15) is 21.7 Å². The zero-order valence-corrected chi connectivity index (χ0v) is 16.6. The van der Waals surface area contributed by atoms with E-state index < -0.39 is 17.8 Å². The lowest BCUT2D eigenvalue weighted by molar-refractivity contribution is -0.132. The minimum Gasteiger partial charge on any atom is -0.465 e. The number of amides is 2. The molecule has 8 heteroatoms. The molecule has 1 aliphatic heterocycles. The molecule has 1 fully saturated rings. The Hall–Kier alpha value is -3.26. The van der Waals surface area contributed by atoms with Crippen LogP contribution in [-0.2, 0) is 14.3 Å². The van der Waals surface area contributed by atoms with E-state index in [4.69, 9.17) is 21.4 Å². The highest BCUT2D eigenvalue weighted by molar-refractivity contribution is 7.80. The average molecular weight is 398 g/mol. The number of carbonyl (C=O) groups excluding carboxylic acids is 3. The van der Waals surface area contributed by atoms with Crippen LogP contribution in [-0.4, -0.2) is 53.9 Å². The molecule has 0 aliphatic carbocycles. The van der Waals surface area contributed by atoms with Crippen molar-refractivity contribution < 1.29 is 23.5 Å². The molecule has 28 heavy (non-hydrogen) atoms. The summed E-state index contributed by atoms with van der Waals surface area (Å²) in [5.74, 6) is -0.590. The number of esters is 1. The molecule has 2 aromatic rings. The predicted molar refractivity (Wildman–Crippen MR) is 106 cm³/mol. The Morgan fingerprint density at radius 1 is 1.11 bits per heavy atom. The lowest BCUT2D eigenvalue weighted by Crippen LogP contribution is -2.52. The highest BCUT2D eigenvalue weighted by Gasteiger charge is 2.35. The van der Waals surface area contributed by atoms with Crippen molar-refractivity contribution in [2.45, 2.75) is 6.92 Å². The Morgan fingerprint density at radius 2 is 1.75 bits per heavy atom. The van der Waals surface area contributed by atoms with Gasteiger partial charge in [0.05, 0.1) is 12.7 Å². The van der Waals surface area contributed by atoms with Gasteiger partial charge < -0.3 is 9.15 Å². The van der Waals surface area contributed by atoms with Gasteiger partial charge in [0.2, 0.25) is 0 Å². The summed E-state index contributed by atoms with van der Waals surface area (Å²) < 4.78 is 10.6. The van der Waals surface area contributed by atoms with Gasteiger partial charge in [0.25, 0.3) is 11.8 Å². The summed E-state index contributed by atoms with van der Waals surface area (Å²) in [5, 5.41) is 0.141. The third-order valence-corrected chi connectivity index (χ3v) is 5.03. The number of likely N-dealkylation sites (N-methyl/N-ethyl adjacent to an activating group) is 2. The number of carbonyl (C=O) groups is 3. The van der Waals surface area contributed by atoms with Gasteiger partial charge in [-0.3, -0.25) is 19.4 Å². The van der Waals surface area contributed by atoms with Crippen LogP contribution in [0.15, 0.2) is 40.3 Å². The van der Waals surface area contributed by atoms with Gasteiger partial charge in [-0.2, -0.15) is 0 Å². The summed E-state index contributed by atoms with van der Waals surface area (Å²) in [5.41, 5.74) is 1.97. The first-order valence-electron chi connectivity index (χ1n) is 8.35. The van der Waals surface area contributed by atoms with E-state index in [2.05, 4.69) is 0 Å². The van der Waals surface area contributed by atoms with Gasteiger partial charge in [-0.15, -0.1) is 0 Å². The van der Waals surface area contributed by atoms with Crippen LogP contribution in [0.5, 0.6) is 0 Å². The molecule has 144 valence electrons. The van der Waals surface area contributed by atoms with E-state index in [0.29, 0.717) is 22.6 Å². The molecule has 2 amide bonds. The van der Waals surface area contributed by atoms with Gasteiger partial charge in [0, 0.05) is 19.7 Å². The molecular formula is C20H18N2O5S. The molecule has 1 aliphatic rings. The number of hydrogen-bond donors (Lipinski definition) is 0. The van der Waals surface area contributed by atoms with Crippen LogP contribution >= 0.6 is 12.2 Å². The molecule has 2 heterocycles. The molecule has 1 aromatic heterocycles. The maximum absolute atomic E-state index is 12.4. The molecular weight excluding hydrogens is 380 g/mol. The van der Waals surface area contributed by atoms with E-state index in [-0.39, 0.29) is 10.7 Å². The fourth-order valence-corrected chi connectivity index (χ4v) is 2.99. The van der Waals surface area contributed by atoms with Gasteiger partial charge in [0.15, 0.2) is 5.11 Å². The standard InChI is InChI=1S/C20H18N2O5S/c1-11-5-6-12(19(25)26-4)9-14(11)16-8-7-13(27-16)10-15-17(23)21(2)20(28)22(3)18(15)24/h5-10H,1-4H3. The van der Waals surface area contributed by atoms with Crippen LogP contribution in [0.25, 0.3) is 17.4 Å². The fourth-order valence-electron chi connectivity index (χ4n) is 2.82. The van der Waals surface area contributed by atoms with Gasteiger partial charge >= 0.3 is 5.97 Å². The van der Waals surface area contributed by atoms with Gasteiger partial charge in [-0.05, 0) is 55.0 Å². The second-order valence-corrected chi connectivity index (χ2v) is 6.66. The van der Waals surface area contributed by atoms with Gasteiger partial charge in [-0.25, -0.2) is 4.79 Å². The number of furan rings is 1. The zero-order chi connectivity index (χ0) is 20.6. The smallest absolute Gasteiger partial charge is 0.337 e. The molecule has 3 rings (SSSR count). The largest absolute Gasteiger partial charge is 0.465 e. The summed E-state index contributed by atoms with van der Waals surface area (Å²) in [7, 11) is 4.34. The number of ether oxygens (including phenoxy) is 1. The van der Waals surface area contributed by atoms with Gasteiger partial charge in [0.1, 0.15) is 17.1 Å². The molecule has 0 bridgehead atoms. The summed E-state index contributed by atoms with van der Waals surface area (Å²) in [4.78, 5) is 39.1. The van der Waals surface area contributed by atoms with E-state index in [0.717, 1.165) is 5.56 Å². The van der Waals surface area contributed by atoms with Crippen molar-refractivity contribution in [3.8, 4) is 11.3 Å². The lowest BCUT2D eigenvalue weighted by atomic mass is 10.0. The highest BCUT2D eigenvalue weighted by atomic mass is 32.1. The van der Waals surface area contributed by atoms with Crippen molar-refractivity contribution in [2.24, 2.45) is 0 Å². The quantitative estimate of drug-likeness (QED) is 0.342. The first-order chi connectivity index (χ1) is 13.2. The number of methoxy groups -OCH3 is 1. The van der Waals surface area contributed by atoms with E-state index in [1.54, 1.807) is 30.3 Å². The Bertz CT molecular complexity index is 1010. The monoisotopic (exact) mass is 398 g/mol. The molecule has 1 saturated heterocycles. The highest BCUT2D eigenvalue weighted by Crippen LogP contribution is 2.28. The van der Waals surface area contributed by atoms with E-state index in [1.165, 1.54) is 37.1 Å². The van der Waals surface area contributed by atoms with Crippen molar-refractivity contribution in [2.75, 3.05) is 21.2 Å². The van der Waals surface area contributed by atoms with Crippen molar-refractivity contribution in [1.82, 2.24) is 9.80 Å². The van der Waals surface area contributed by atoms with E-state index in [1.807, 2.05) is 6.92 Å². The summed E-state index contributed by atoms with van der Waals surface area (Å²) in [6.07, 6.45) is 1.39. The van der Waals surface area contributed by atoms with Crippen LogP contribution in [0.2, 0.25) is 0 Å². The fraction of sp³-hybridized carbons (Fsp3) is 0.200. The summed E-state index contributed by atoms with van der Waals surface area (Å²) in [6.45, 7) is 1.89. The Balaban J connectivity index is 1.98. The molecule has 1 aromatic carbocycles. The van der Waals surface area contributed by atoms with Crippen LogP contribution in [0.4, 0.5) is 0 Å². The maximum Gasteiger partial charge on any atom is 0.337 e. The molecule has 0 N–H and O–H groups in total. The summed E-state index contributed by atoms with van der Waals surface area (Å²) >= 11 is 5.07. The van der Waals surface area contributed by atoms with E-state index in [9.17, 15) is 14.4 Å². The van der Waals surface area contributed by atoms with Crippen molar-refractivity contribution in [1.29, 1.82) is 0 Å². The second kappa shape index (κ2) is 7.40. The Labute approximate surface area is 167 Å². The van der Waals surface area contributed by atoms with Crippen LogP contribution < -0.4 is 0 Å². The van der Waals surface area contributed by atoms with Crippen molar-refractivity contribution in [3.05, 3.63) is 52.8 Å². The predicted octanol–water partition coefficient (Wildman–Crippen LogP) is 2.64. The van der Waals surface area contributed by atoms with Crippen molar-refractivity contribution >= 4 is 41.2 Å². The zero-order valence-electron chi connectivity index (χ0n) is 15.8. The minimum atomic E-state index is -0.491. The third kappa shape index (κ3) is 3.34. The molecule has 0 atom stereocenters. The van der Waals surface area contributed by atoms with Crippen LogP contribution in [0, 0.1) is 6.92 Å². The molecule has 0 radical (unpaired) electrons. The summed E-state index contributed by atoms with van der Waals surface area (Å²) in [6, 6.07) is 8.51. The molecule has 7 nitrogen and oxygen atoms in total. The SMILES string of the molecule is COC(=O)c1ccc(C)c(-c2ccc(C=C3C(=O)N(C)C(=S)N(C)C3=O)o2)c1. The second-order valence-electron chi connectivity index (χ2n) is 6.29. The lowest BCUT2D eigenvalue weighted by Gasteiger charge is -2.31. The molecule has 0 spiro atoms. The molecule has 0 saturated carbocycles. The average Bonchev–Trinajstić information content (AvgIpc) is 3.16. The van der Waals surface area contributed by atoms with Gasteiger partial charge in [-0.1, -0.05) is 6.07 Å². The normalized spacial score (nSPS) is 14.6. The minimum absolute atomic E-state index is 0.0421. The number of nitrogens with zero attached hydrogens (tertiary/aromatic N) is 2. The third-order valence-electron chi connectivity index (χ3n) is 4.48. The first kappa shape index (κ1) is 19.5.